The highest BCUT2D eigenvalue weighted by atomic mass is 35.5. The van der Waals surface area contributed by atoms with E-state index in [4.69, 9.17) is 11.6 Å². The van der Waals surface area contributed by atoms with Gasteiger partial charge in [-0.3, -0.25) is 4.98 Å². The average Bonchev–Trinajstić information content (AvgIpc) is 2.44. The zero-order valence-electron chi connectivity index (χ0n) is 11.4. The molecular formula is C16H18ClFN2. The lowest BCUT2D eigenvalue weighted by Crippen LogP contribution is -2.24. The molecule has 4 heteroatoms. The second-order valence-corrected chi connectivity index (χ2v) is 5.15. The van der Waals surface area contributed by atoms with E-state index in [1.165, 1.54) is 6.07 Å². The summed E-state index contributed by atoms with van der Waals surface area (Å²) in [5.41, 5.74) is 1.95. The van der Waals surface area contributed by atoms with Gasteiger partial charge in [0.1, 0.15) is 5.82 Å². The third-order valence-electron chi connectivity index (χ3n) is 3.15. The van der Waals surface area contributed by atoms with Gasteiger partial charge in [-0.2, -0.15) is 0 Å². The van der Waals surface area contributed by atoms with E-state index in [0.29, 0.717) is 11.4 Å². The van der Waals surface area contributed by atoms with E-state index in [1.807, 2.05) is 12.1 Å². The second kappa shape index (κ2) is 7.36. The maximum atomic E-state index is 13.3. The van der Waals surface area contributed by atoms with Crippen molar-refractivity contribution in [1.82, 2.24) is 10.3 Å². The SMILES string of the molecule is CCCNC(Cc1cccc(F)c1)c1ccncc1Cl. The molecule has 0 amide bonds. The van der Waals surface area contributed by atoms with Crippen LogP contribution in [0.5, 0.6) is 0 Å². The van der Waals surface area contributed by atoms with E-state index < -0.39 is 0 Å². The Morgan fingerprint density at radius 1 is 1.35 bits per heavy atom. The molecule has 0 bridgehead atoms. The van der Waals surface area contributed by atoms with Crippen LogP contribution in [-0.4, -0.2) is 11.5 Å². The Balaban J connectivity index is 2.22. The number of aromatic nitrogens is 1. The maximum Gasteiger partial charge on any atom is 0.123 e. The van der Waals surface area contributed by atoms with Gasteiger partial charge in [0.15, 0.2) is 0 Å². The van der Waals surface area contributed by atoms with E-state index in [0.717, 1.165) is 24.1 Å². The quantitative estimate of drug-likeness (QED) is 0.865. The van der Waals surface area contributed by atoms with Crippen LogP contribution in [0.4, 0.5) is 4.39 Å². The summed E-state index contributed by atoms with van der Waals surface area (Å²) < 4.78 is 13.3. The molecule has 106 valence electrons. The van der Waals surface area contributed by atoms with E-state index in [9.17, 15) is 4.39 Å². The van der Waals surface area contributed by atoms with Crippen LogP contribution in [0.2, 0.25) is 5.02 Å². The molecule has 0 spiro atoms. The van der Waals surface area contributed by atoms with Gasteiger partial charge >= 0.3 is 0 Å². The summed E-state index contributed by atoms with van der Waals surface area (Å²) in [5, 5.41) is 4.10. The van der Waals surface area contributed by atoms with Crippen LogP contribution in [0.1, 0.15) is 30.5 Å². The second-order valence-electron chi connectivity index (χ2n) is 4.74. The standard InChI is InChI=1S/C16H18ClFN2/c1-2-7-20-16(14-6-8-19-11-15(14)17)10-12-4-3-5-13(18)9-12/h3-6,8-9,11,16,20H,2,7,10H2,1H3. The third-order valence-corrected chi connectivity index (χ3v) is 3.46. The molecule has 2 rings (SSSR count). The minimum Gasteiger partial charge on any atom is -0.310 e. The number of hydrogen-bond donors (Lipinski definition) is 1. The van der Waals surface area contributed by atoms with Crippen molar-refractivity contribution >= 4 is 11.6 Å². The van der Waals surface area contributed by atoms with Gasteiger partial charge in [0, 0.05) is 18.4 Å². The molecule has 0 aliphatic carbocycles. The molecule has 0 saturated heterocycles. The summed E-state index contributed by atoms with van der Waals surface area (Å²) >= 11 is 6.22. The summed E-state index contributed by atoms with van der Waals surface area (Å²) in [6.45, 7) is 3.00. The smallest absolute Gasteiger partial charge is 0.123 e. The van der Waals surface area contributed by atoms with Crippen molar-refractivity contribution < 1.29 is 4.39 Å². The Hall–Kier alpha value is -1.45. The lowest BCUT2D eigenvalue weighted by atomic mass is 9.99. The number of nitrogens with zero attached hydrogens (tertiary/aromatic N) is 1. The van der Waals surface area contributed by atoms with Crippen LogP contribution in [0.25, 0.3) is 0 Å². The molecule has 0 radical (unpaired) electrons. The Morgan fingerprint density at radius 2 is 2.20 bits per heavy atom. The van der Waals surface area contributed by atoms with Gasteiger partial charge in [-0.05, 0) is 48.7 Å². The fourth-order valence-corrected chi connectivity index (χ4v) is 2.43. The Kier molecular flexibility index (Phi) is 5.50. The van der Waals surface area contributed by atoms with Gasteiger partial charge in [-0.15, -0.1) is 0 Å². The van der Waals surface area contributed by atoms with E-state index >= 15 is 0 Å². The molecule has 1 unspecified atom stereocenters. The lowest BCUT2D eigenvalue weighted by Gasteiger charge is -2.20. The highest BCUT2D eigenvalue weighted by Gasteiger charge is 2.15. The van der Waals surface area contributed by atoms with E-state index in [-0.39, 0.29) is 11.9 Å². The zero-order valence-corrected chi connectivity index (χ0v) is 12.2. The first kappa shape index (κ1) is 14.9. The molecule has 0 aliphatic heterocycles. The Morgan fingerprint density at radius 3 is 2.90 bits per heavy atom. The van der Waals surface area contributed by atoms with Crippen LogP contribution < -0.4 is 5.32 Å². The van der Waals surface area contributed by atoms with Gasteiger partial charge in [-0.1, -0.05) is 30.7 Å². The summed E-state index contributed by atoms with van der Waals surface area (Å²) in [5.74, 6) is -0.211. The minimum atomic E-state index is -0.211. The number of benzene rings is 1. The maximum absolute atomic E-state index is 13.3. The lowest BCUT2D eigenvalue weighted by molar-refractivity contribution is 0.527. The van der Waals surface area contributed by atoms with Crippen LogP contribution in [0, 0.1) is 5.82 Å². The van der Waals surface area contributed by atoms with Crippen LogP contribution in [0.15, 0.2) is 42.7 Å². The molecule has 0 saturated carbocycles. The monoisotopic (exact) mass is 292 g/mol. The number of rotatable bonds is 6. The first-order valence-corrected chi connectivity index (χ1v) is 7.15. The minimum absolute atomic E-state index is 0.0623. The van der Waals surface area contributed by atoms with Crippen molar-refractivity contribution in [3.8, 4) is 0 Å². The molecule has 1 heterocycles. The average molecular weight is 293 g/mol. The summed E-state index contributed by atoms with van der Waals surface area (Å²) in [4.78, 5) is 4.01. The van der Waals surface area contributed by atoms with Crippen molar-refractivity contribution in [3.05, 3.63) is 64.7 Å². The number of pyridine rings is 1. The first-order chi connectivity index (χ1) is 9.70. The first-order valence-electron chi connectivity index (χ1n) is 6.78. The fourth-order valence-electron chi connectivity index (χ4n) is 2.18. The summed E-state index contributed by atoms with van der Waals surface area (Å²) in [6.07, 6.45) is 5.10. The Labute approximate surface area is 124 Å². The van der Waals surface area contributed by atoms with Gasteiger partial charge in [-0.25, -0.2) is 4.39 Å². The normalized spacial score (nSPS) is 12.3. The fraction of sp³-hybridized carbons (Fsp3) is 0.312. The molecule has 0 aliphatic rings. The molecular weight excluding hydrogens is 275 g/mol. The van der Waals surface area contributed by atoms with E-state index in [2.05, 4.69) is 17.2 Å². The molecule has 1 atom stereocenters. The largest absolute Gasteiger partial charge is 0.310 e. The van der Waals surface area contributed by atoms with Crippen molar-refractivity contribution in [2.75, 3.05) is 6.54 Å². The number of nitrogens with one attached hydrogen (secondary N) is 1. The molecule has 1 aromatic heterocycles. The topological polar surface area (TPSA) is 24.9 Å². The number of hydrogen-bond acceptors (Lipinski definition) is 2. The molecule has 20 heavy (non-hydrogen) atoms. The van der Waals surface area contributed by atoms with Gasteiger partial charge in [0.05, 0.1) is 5.02 Å². The molecule has 2 aromatic rings. The molecule has 2 nitrogen and oxygen atoms in total. The van der Waals surface area contributed by atoms with Gasteiger partial charge < -0.3 is 5.32 Å². The van der Waals surface area contributed by atoms with Gasteiger partial charge in [0.2, 0.25) is 0 Å². The van der Waals surface area contributed by atoms with E-state index in [1.54, 1.807) is 24.5 Å². The summed E-state index contributed by atoms with van der Waals surface area (Å²) in [6, 6.07) is 8.66. The number of halogens is 2. The van der Waals surface area contributed by atoms with Crippen molar-refractivity contribution in [1.29, 1.82) is 0 Å². The Bertz CT molecular complexity index is 560. The predicted molar refractivity (Wildman–Crippen MR) is 80.4 cm³/mol. The third kappa shape index (κ3) is 4.02. The van der Waals surface area contributed by atoms with Crippen molar-refractivity contribution in [2.45, 2.75) is 25.8 Å². The highest BCUT2D eigenvalue weighted by Crippen LogP contribution is 2.25. The van der Waals surface area contributed by atoms with Gasteiger partial charge in [0.25, 0.3) is 0 Å². The molecule has 1 aromatic carbocycles. The highest BCUT2D eigenvalue weighted by molar-refractivity contribution is 6.31. The molecule has 1 N–H and O–H groups in total. The molecule has 0 fully saturated rings. The van der Waals surface area contributed by atoms with Crippen molar-refractivity contribution in [2.24, 2.45) is 0 Å². The van der Waals surface area contributed by atoms with Crippen LogP contribution >= 0.6 is 11.6 Å². The van der Waals surface area contributed by atoms with Crippen LogP contribution in [-0.2, 0) is 6.42 Å². The predicted octanol–water partition coefficient (Wildman–Crippen LogP) is 4.16. The van der Waals surface area contributed by atoms with Crippen molar-refractivity contribution in [3.63, 3.8) is 0 Å². The zero-order chi connectivity index (χ0) is 14.4. The van der Waals surface area contributed by atoms with Crippen LogP contribution in [0.3, 0.4) is 0 Å². The summed E-state index contributed by atoms with van der Waals surface area (Å²) in [7, 11) is 0.